The molecule has 1 aromatic heterocycles. The maximum Gasteiger partial charge on any atom is 0.275 e. The molecule has 2 heterocycles. The summed E-state index contributed by atoms with van der Waals surface area (Å²) in [5, 5.41) is 8.21. The van der Waals surface area contributed by atoms with Crippen molar-refractivity contribution in [1.29, 1.82) is 0 Å². The van der Waals surface area contributed by atoms with Crippen molar-refractivity contribution in [3.8, 4) is 0 Å². The van der Waals surface area contributed by atoms with Crippen molar-refractivity contribution in [2.45, 2.75) is 38.4 Å². The molecular formula is C23H26N4O2. The first kappa shape index (κ1) is 19.3. The normalized spacial score (nSPS) is 17.3. The van der Waals surface area contributed by atoms with Crippen LogP contribution in [0.4, 0.5) is 0 Å². The first-order chi connectivity index (χ1) is 14.2. The van der Waals surface area contributed by atoms with Gasteiger partial charge < -0.3 is 5.32 Å². The van der Waals surface area contributed by atoms with Crippen molar-refractivity contribution in [1.82, 2.24) is 20.0 Å². The first-order valence-corrected chi connectivity index (χ1v) is 10.2. The lowest BCUT2D eigenvalue weighted by Crippen LogP contribution is -2.44. The second kappa shape index (κ2) is 8.57. The smallest absolute Gasteiger partial charge is 0.275 e. The predicted octanol–water partition coefficient (Wildman–Crippen LogP) is 2.81. The number of hydrogen-bond acceptors (Lipinski definition) is 4. The van der Waals surface area contributed by atoms with Gasteiger partial charge in [-0.2, -0.15) is 5.10 Å². The highest BCUT2D eigenvalue weighted by atomic mass is 16.2. The summed E-state index contributed by atoms with van der Waals surface area (Å²) in [7, 11) is 1.58. The van der Waals surface area contributed by atoms with E-state index in [1.807, 2.05) is 18.2 Å². The molecule has 29 heavy (non-hydrogen) atoms. The molecule has 1 aliphatic rings. The lowest BCUT2D eigenvalue weighted by Gasteiger charge is -2.35. The number of hydrogen-bond donors (Lipinski definition) is 1. The zero-order chi connectivity index (χ0) is 20.2. The van der Waals surface area contributed by atoms with Crippen LogP contribution in [0.25, 0.3) is 10.8 Å². The van der Waals surface area contributed by atoms with Gasteiger partial charge in [0, 0.05) is 25.0 Å². The highest BCUT2D eigenvalue weighted by molar-refractivity contribution is 6.04. The Labute approximate surface area is 170 Å². The average molecular weight is 390 g/mol. The Kier molecular flexibility index (Phi) is 5.71. The van der Waals surface area contributed by atoms with E-state index in [1.165, 1.54) is 16.7 Å². The number of nitrogens with one attached hydrogen (secondary N) is 1. The standard InChI is InChI=1S/C23H26N4O2/c1-24-22(28)21-19-12-5-6-13-20(19)23(29)27(25-21)16-26-14-8-7-11-18(26)15-17-9-3-2-4-10-17/h2-6,9-10,12-13,18H,7-8,11,14-16H2,1H3,(H,24,28). The Morgan fingerprint density at radius 1 is 1.07 bits per heavy atom. The largest absolute Gasteiger partial charge is 0.354 e. The zero-order valence-corrected chi connectivity index (χ0v) is 16.7. The first-order valence-electron chi connectivity index (χ1n) is 10.2. The van der Waals surface area contributed by atoms with Gasteiger partial charge in [0.15, 0.2) is 5.69 Å². The van der Waals surface area contributed by atoms with Crippen LogP contribution in [-0.2, 0) is 13.1 Å². The second-order valence-corrected chi connectivity index (χ2v) is 7.57. The molecule has 4 rings (SSSR count). The second-order valence-electron chi connectivity index (χ2n) is 7.57. The van der Waals surface area contributed by atoms with Crippen LogP contribution in [0.15, 0.2) is 59.4 Å². The van der Waals surface area contributed by atoms with Crippen molar-refractivity contribution >= 4 is 16.7 Å². The van der Waals surface area contributed by atoms with Gasteiger partial charge in [-0.05, 0) is 30.9 Å². The van der Waals surface area contributed by atoms with Crippen molar-refractivity contribution in [3.05, 3.63) is 76.2 Å². The minimum absolute atomic E-state index is 0.155. The van der Waals surface area contributed by atoms with Crippen LogP contribution in [0.3, 0.4) is 0 Å². The fourth-order valence-electron chi connectivity index (χ4n) is 4.15. The molecule has 3 aromatic rings. The van der Waals surface area contributed by atoms with Gasteiger partial charge in [0.1, 0.15) is 0 Å². The molecule has 1 aliphatic heterocycles. The monoisotopic (exact) mass is 390 g/mol. The van der Waals surface area contributed by atoms with E-state index >= 15 is 0 Å². The van der Waals surface area contributed by atoms with Gasteiger partial charge in [0.05, 0.1) is 12.1 Å². The molecule has 0 aliphatic carbocycles. The summed E-state index contributed by atoms with van der Waals surface area (Å²) < 4.78 is 1.45. The summed E-state index contributed by atoms with van der Waals surface area (Å²) in [5.74, 6) is -0.283. The van der Waals surface area contributed by atoms with E-state index in [1.54, 1.807) is 19.2 Å². The third-order valence-electron chi connectivity index (χ3n) is 5.69. The molecule has 0 saturated carbocycles. The maximum atomic E-state index is 13.1. The number of likely N-dealkylation sites (tertiary alicyclic amines) is 1. The van der Waals surface area contributed by atoms with Gasteiger partial charge in [-0.15, -0.1) is 0 Å². The highest BCUT2D eigenvalue weighted by Gasteiger charge is 2.24. The van der Waals surface area contributed by atoms with Crippen molar-refractivity contribution in [3.63, 3.8) is 0 Å². The molecule has 6 heteroatoms. The summed E-state index contributed by atoms with van der Waals surface area (Å²) in [6.45, 7) is 1.32. The van der Waals surface area contributed by atoms with E-state index in [2.05, 4.69) is 39.6 Å². The summed E-state index contributed by atoms with van der Waals surface area (Å²) in [6.07, 6.45) is 4.35. The van der Waals surface area contributed by atoms with Crippen molar-refractivity contribution in [2.24, 2.45) is 0 Å². The number of nitrogens with zero attached hydrogens (tertiary/aromatic N) is 3. The van der Waals surface area contributed by atoms with Crippen LogP contribution < -0.4 is 10.9 Å². The maximum absolute atomic E-state index is 13.1. The average Bonchev–Trinajstić information content (AvgIpc) is 2.77. The molecular weight excluding hydrogens is 364 g/mol. The van der Waals surface area contributed by atoms with Crippen LogP contribution in [0.2, 0.25) is 0 Å². The van der Waals surface area contributed by atoms with E-state index in [0.717, 1.165) is 25.8 Å². The van der Waals surface area contributed by atoms with E-state index < -0.39 is 0 Å². The summed E-state index contributed by atoms with van der Waals surface area (Å²) in [5.41, 5.74) is 1.44. The zero-order valence-electron chi connectivity index (χ0n) is 16.7. The Morgan fingerprint density at radius 3 is 2.55 bits per heavy atom. The van der Waals surface area contributed by atoms with Crippen LogP contribution in [0.1, 0.15) is 35.3 Å². The molecule has 1 fully saturated rings. The number of rotatable bonds is 5. The Bertz CT molecular complexity index is 1060. The number of fused-ring (bicyclic) bond motifs is 1. The molecule has 150 valence electrons. The SMILES string of the molecule is CNC(=O)c1nn(CN2CCCCC2Cc2ccccc2)c(=O)c2ccccc12. The number of carbonyl (C=O) groups is 1. The van der Waals surface area contributed by atoms with Crippen LogP contribution in [-0.4, -0.2) is 40.2 Å². The molecule has 1 unspecified atom stereocenters. The van der Waals surface area contributed by atoms with Gasteiger partial charge in [-0.1, -0.05) is 55.0 Å². The number of amides is 1. The Morgan fingerprint density at radius 2 is 1.79 bits per heavy atom. The topological polar surface area (TPSA) is 67.2 Å². The predicted molar refractivity (Wildman–Crippen MR) is 114 cm³/mol. The van der Waals surface area contributed by atoms with Gasteiger partial charge in [-0.3, -0.25) is 14.5 Å². The summed E-state index contributed by atoms with van der Waals surface area (Å²) >= 11 is 0. The molecule has 1 N–H and O–H groups in total. The fraction of sp³-hybridized carbons (Fsp3) is 0.348. The molecule has 0 radical (unpaired) electrons. The molecule has 0 bridgehead atoms. The highest BCUT2D eigenvalue weighted by Crippen LogP contribution is 2.21. The number of aromatic nitrogens is 2. The fourth-order valence-corrected chi connectivity index (χ4v) is 4.15. The van der Waals surface area contributed by atoms with Gasteiger partial charge >= 0.3 is 0 Å². The van der Waals surface area contributed by atoms with E-state index in [9.17, 15) is 9.59 Å². The Hall–Kier alpha value is -2.99. The molecule has 2 aromatic carbocycles. The molecule has 6 nitrogen and oxygen atoms in total. The lowest BCUT2D eigenvalue weighted by molar-refractivity contribution is 0.0934. The molecule has 1 amide bonds. The minimum Gasteiger partial charge on any atom is -0.354 e. The number of carbonyl (C=O) groups excluding carboxylic acids is 1. The van der Waals surface area contributed by atoms with Gasteiger partial charge in [-0.25, -0.2) is 4.68 Å². The van der Waals surface area contributed by atoms with E-state index in [-0.39, 0.29) is 11.5 Å². The van der Waals surface area contributed by atoms with E-state index in [0.29, 0.717) is 29.2 Å². The van der Waals surface area contributed by atoms with E-state index in [4.69, 9.17) is 0 Å². The summed E-state index contributed by atoms with van der Waals surface area (Å²) in [6, 6.07) is 18.0. The van der Waals surface area contributed by atoms with Gasteiger partial charge in [0.25, 0.3) is 11.5 Å². The number of benzene rings is 2. The summed E-state index contributed by atoms with van der Waals surface area (Å²) in [4.78, 5) is 27.8. The third kappa shape index (κ3) is 4.07. The van der Waals surface area contributed by atoms with Crippen LogP contribution in [0.5, 0.6) is 0 Å². The molecule has 0 spiro atoms. The lowest BCUT2D eigenvalue weighted by atomic mass is 9.96. The quantitative estimate of drug-likeness (QED) is 0.727. The van der Waals surface area contributed by atoms with Crippen molar-refractivity contribution in [2.75, 3.05) is 13.6 Å². The van der Waals surface area contributed by atoms with Crippen LogP contribution >= 0.6 is 0 Å². The minimum atomic E-state index is -0.283. The number of piperidine rings is 1. The molecule has 1 saturated heterocycles. The van der Waals surface area contributed by atoms with Gasteiger partial charge in [0.2, 0.25) is 0 Å². The molecule has 1 atom stereocenters. The third-order valence-corrected chi connectivity index (χ3v) is 5.69. The van der Waals surface area contributed by atoms with Crippen molar-refractivity contribution < 1.29 is 4.79 Å². The van der Waals surface area contributed by atoms with Crippen LogP contribution in [0, 0.1) is 0 Å². The Balaban J connectivity index is 1.67.